The molecular formula is C16H25IN6. The molecule has 1 aromatic heterocycles. The van der Waals surface area contributed by atoms with Crippen molar-refractivity contribution >= 4 is 29.9 Å². The fraction of sp³-hybridized carbons (Fsp3) is 0.438. The molecule has 1 aromatic carbocycles. The zero-order valence-electron chi connectivity index (χ0n) is 14.1. The lowest BCUT2D eigenvalue weighted by Gasteiger charge is -2.12. The Hall–Kier alpha value is -1.64. The predicted molar refractivity (Wildman–Crippen MR) is 104 cm³/mol. The third kappa shape index (κ3) is 6.17. The molecule has 1 heterocycles. The monoisotopic (exact) mass is 428 g/mol. The third-order valence-corrected chi connectivity index (χ3v) is 3.43. The molecule has 0 unspecified atom stereocenters. The Balaban J connectivity index is 0.00000264. The van der Waals surface area contributed by atoms with E-state index >= 15 is 0 Å². The highest BCUT2D eigenvalue weighted by molar-refractivity contribution is 14.0. The maximum atomic E-state index is 4.22. The van der Waals surface area contributed by atoms with Crippen LogP contribution in [0.25, 0.3) is 0 Å². The average Bonchev–Trinajstić information content (AvgIpc) is 2.87. The first-order chi connectivity index (χ1) is 10.6. The Labute approximate surface area is 154 Å². The van der Waals surface area contributed by atoms with Crippen LogP contribution in [-0.2, 0) is 20.0 Å². The summed E-state index contributed by atoms with van der Waals surface area (Å²) in [6.45, 7) is 5.69. The zero-order chi connectivity index (χ0) is 15.9. The van der Waals surface area contributed by atoms with Gasteiger partial charge in [-0.05, 0) is 25.8 Å². The van der Waals surface area contributed by atoms with E-state index in [-0.39, 0.29) is 24.0 Å². The summed E-state index contributed by atoms with van der Waals surface area (Å²) in [7, 11) is 3.64. The van der Waals surface area contributed by atoms with E-state index in [1.807, 2.05) is 7.05 Å². The summed E-state index contributed by atoms with van der Waals surface area (Å²) < 4.78 is 1.75. The fourth-order valence-corrected chi connectivity index (χ4v) is 2.40. The second-order valence-electron chi connectivity index (χ2n) is 5.40. The molecule has 126 valence electrons. The summed E-state index contributed by atoms with van der Waals surface area (Å²) in [5.74, 6) is 1.64. The molecule has 0 aliphatic rings. The minimum absolute atomic E-state index is 0. The van der Waals surface area contributed by atoms with Crippen molar-refractivity contribution in [2.45, 2.75) is 26.8 Å². The molecule has 0 radical (unpaired) electrons. The van der Waals surface area contributed by atoms with Crippen LogP contribution in [0.15, 0.2) is 29.5 Å². The molecule has 0 saturated heterocycles. The molecule has 0 saturated carbocycles. The van der Waals surface area contributed by atoms with Crippen molar-refractivity contribution < 1.29 is 0 Å². The molecule has 0 fully saturated rings. The van der Waals surface area contributed by atoms with Crippen molar-refractivity contribution in [2.75, 3.05) is 13.6 Å². The minimum Gasteiger partial charge on any atom is -0.356 e. The van der Waals surface area contributed by atoms with Gasteiger partial charge in [-0.15, -0.1) is 24.0 Å². The first kappa shape index (κ1) is 19.4. The Kier molecular flexibility index (Phi) is 8.01. The number of benzene rings is 1. The number of nitrogens with zero attached hydrogens (tertiary/aromatic N) is 4. The second-order valence-corrected chi connectivity index (χ2v) is 5.40. The molecular weight excluding hydrogens is 403 g/mol. The van der Waals surface area contributed by atoms with Crippen LogP contribution >= 0.6 is 24.0 Å². The van der Waals surface area contributed by atoms with Crippen molar-refractivity contribution in [3.05, 3.63) is 47.0 Å². The molecule has 0 aliphatic heterocycles. The topological polar surface area (TPSA) is 67.1 Å². The van der Waals surface area contributed by atoms with Crippen molar-refractivity contribution in [2.24, 2.45) is 12.0 Å². The zero-order valence-corrected chi connectivity index (χ0v) is 16.5. The van der Waals surface area contributed by atoms with Gasteiger partial charge in [0, 0.05) is 20.6 Å². The van der Waals surface area contributed by atoms with Gasteiger partial charge >= 0.3 is 0 Å². The van der Waals surface area contributed by atoms with Gasteiger partial charge in [0.25, 0.3) is 0 Å². The van der Waals surface area contributed by atoms with Crippen LogP contribution in [0.4, 0.5) is 0 Å². The molecule has 2 rings (SSSR count). The molecule has 0 bridgehead atoms. The first-order valence-corrected chi connectivity index (χ1v) is 7.43. The van der Waals surface area contributed by atoms with E-state index in [0.717, 1.165) is 24.7 Å². The summed E-state index contributed by atoms with van der Waals surface area (Å²) in [4.78, 5) is 8.40. The van der Waals surface area contributed by atoms with E-state index < -0.39 is 0 Å². The van der Waals surface area contributed by atoms with Gasteiger partial charge in [0.1, 0.15) is 12.2 Å². The number of hydrogen-bond acceptors (Lipinski definition) is 3. The van der Waals surface area contributed by atoms with Gasteiger partial charge in [0.15, 0.2) is 5.96 Å². The lowest BCUT2D eigenvalue weighted by atomic mass is 10.1. The van der Waals surface area contributed by atoms with E-state index in [1.165, 1.54) is 16.7 Å². The largest absolute Gasteiger partial charge is 0.356 e. The Bertz CT molecular complexity index is 630. The van der Waals surface area contributed by atoms with E-state index in [2.05, 4.69) is 57.8 Å². The van der Waals surface area contributed by atoms with E-state index in [0.29, 0.717) is 6.54 Å². The van der Waals surface area contributed by atoms with Gasteiger partial charge in [-0.1, -0.05) is 29.3 Å². The van der Waals surface area contributed by atoms with E-state index in [4.69, 9.17) is 0 Å². The Morgan fingerprint density at radius 2 is 1.87 bits per heavy atom. The molecule has 0 atom stereocenters. The van der Waals surface area contributed by atoms with E-state index in [1.54, 1.807) is 18.1 Å². The molecule has 0 aliphatic carbocycles. The van der Waals surface area contributed by atoms with Crippen LogP contribution < -0.4 is 10.6 Å². The van der Waals surface area contributed by atoms with Gasteiger partial charge in [0.2, 0.25) is 0 Å². The van der Waals surface area contributed by atoms with Gasteiger partial charge < -0.3 is 10.6 Å². The standard InChI is InChI=1S/C16H24N6.HI/c1-12-7-13(2)9-14(8-12)5-6-18-16(17-3)19-10-15-20-11-21-22(15)4;/h7-9,11H,5-6,10H2,1-4H3,(H2,17,18,19);1H. The first-order valence-electron chi connectivity index (χ1n) is 7.43. The summed E-state index contributed by atoms with van der Waals surface area (Å²) >= 11 is 0. The number of rotatable bonds is 5. The molecule has 0 amide bonds. The third-order valence-electron chi connectivity index (χ3n) is 3.43. The molecule has 7 heteroatoms. The molecule has 2 N–H and O–H groups in total. The summed E-state index contributed by atoms with van der Waals surface area (Å²) in [5, 5.41) is 10.6. The number of halogens is 1. The number of aryl methyl sites for hydroxylation is 3. The second kappa shape index (κ2) is 9.49. The maximum absolute atomic E-state index is 4.22. The number of hydrogen-bond donors (Lipinski definition) is 2. The molecule has 0 spiro atoms. The molecule has 23 heavy (non-hydrogen) atoms. The Morgan fingerprint density at radius 3 is 2.43 bits per heavy atom. The number of guanidine groups is 1. The van der Waals surface area contributed by atoms with Crippen LogP contribution in [0.3, 0.4) is 0 Å². The predicted octanol–water partition coefficient (Wildman–Crippen LogP) is 1.96. The molecule has 6 nitrogen and oxygen atoms in total. The highest BCUT2D eigenvalue weighted by Crippen LogP contribution is 2.08. The van der Waals surface area contributed by atoms with Crippen LogP contribution in [0.1, 0.15) is 22.5 Å². The number of nitrogens with one attached hydrogen (secondary N) is 2. The fourth-order valence-electron chi connectivity index (χ4n) is 2.40. The highest BCUT2D eigenvalue weighted by Gasteiger charge is 2.03. The van der Waals surface area contributed by atoms with Gasteiger partial charge in [-0.2, -0.15) is 5.10 Å². The lowest BCUT2D eigenvalue weighted by molar-refractivity contribution is 0.672. The number of aromatic nitrogens is 3. The SMILES string of the molecule is CN=C(NCCc1cc(C)cc(C)c1)NCc1ncnn1C.I. The highest BCUT2D eigenvalue weighted by atomic mass is 127. The maximum Gasteiger partial charge on any atom is 0.191 e. The van der Waals surface area contributed by atoms with Crippen molar-refractivity contribution in [3.8, 4) is 0 Å². The minimum atomic E-state index is 0. The smallest absolute Gasteiger partial charge is 0.191 e. The summed E-state index contributed by atoms with van der Waals surface area (Å²) in [5.41, 5.74) is 3.95. The lowest BCUT2D eigenvalue weighted by Crippen LogP contribution is -2.38. The van der Waals surface area contributed by atoms with Crippen LogP contribution in [0, 0.1) is 13.8 Å². The van der Waals surface area contributed by atoms with Crippen LogP contribution in [-0.4, -0.2) is 34.3 Å². The quantitative estimate of drug-likeness (QED) is 0.434. The van der Waals surface area contributed by atoms with Crippen LogP contribution in [0.2, 0.25) is 0 Å². The van der Waals surface area contributed by atoms with Crippen molar-refractivity contribution in [1.29, 1.82) is 0 Å². The van der Waals surface area contributed by atoms with Crippen molar-refractivity contribution in [1.82, 2.24) is 25.4 Å². The van der Waals surface area contributed by atoms with Gasteiger partial charge in [-0.25, -0.2) is 4.98 Å². The normalized spacial score (nSPS) is 11.0. The molecule has 2 aromatic rings. The summed E-state index contributed by atoms with van der Waals surface area (Å²) in [6, 6.07) is 6.65. The Morgan fingerprint density at radius 1 is 1.17 bits per heavy atom. The van der Waals surface area contributed by atoms with Crippen LogP contribution in [0.5, 0.6) is 0 Å². The van der Waals surface area contributed by atoms with E-state index in [9.17, 15) is 0 Å². The van der Waals surface area contributed by atoms with Crippen molar-refractivity contribution in [3.63, 3.8) is 0 Å². The summed E-state index contributed by atoms with van der Waals surface area (Å²) in [6.07, 6.45) is 2.51. The van der Waals surface area contributed by atoms with Gasteiger partial charge in [0.05, 0.1) is 6.54 Å². The number of aliphatic imine (C=N–C) groups is 1. The van der Waals surface area contributed by atoms with Gasteiger partial charge in [-0.3, -0.25) is 9.67 Å². The average molecular weight is 428 g/mol.